The van der Waals surface area contributed by atoms with Gasteiger partial charge in [-0.05, 0) is 25.8 Å². The van der Waals surface area contributed by atoms with Crippen molar-refractivity contribution < 1.29 is 0 Å². The normalized spacial score (nSPS) is 9.56. The first kappa shape index (κ1) is 14.9. The fraction of sp³-hybridized carbons (Fsp3) is 0.692. The van der Waals surface area contributed by atoms with Crippen molar-refractivity contribution in [1.82, 2.24) is 9.78 Å². The highest BCUT2D eigenvalue weighted by atomic mass is 16.1. The van der Waals surface area contributed by atoms with E-state index >= 15 is 0 Å². The van der Waals surface area contributed by atoms with Crippen LogP contribution in [0.1, 0.15) is 52.3 Å². The molecule has 0 fully saturated rings. The van der Waals surface area contributed by atoms with Gasteiger partial charge in [-0.1, -0.05) is 34.1 Å². The van der Waals surface area contributed by atoms with E-state index in [-0.39, 0.29) is 5.56 Å². The molecule has 0 spiro atoms. The third kappa shape index (κ3) is 3.80. The summed E-state index contributed by atoms with van der Waals surface area (Å²) in [6, 6.07) is 1.94. The molecule has 0 saturated heterocycles. The Kier molecular flexibility index (Phi) is 7.52. The van der Waals surface area contributed by atoms with Crippen molar-refractivity contribution >= 4 is 0 Å². The lowest BCUT2D eigenvalue weighted by Crippen LogP contribution is -2.26. The number of rotatable bonds is 4. The summed E-state index contributed by atoms with van der Waals surface area (Å²) in [5.74, 6) is 0. The maximum absolute atomic E-state index is 11.7. The standard InChI is InChI=1S/C11H18N2O.C2H6/c1-4-7-10-8-9(5-2)11(14)13(6-3)12-10;1-2/h8H,4-7H2,1-3H3;1-2H3. The first-order chi connectivity index (χ1) is 7.72. The maximum atomic E-state index is 11.7. The first-order valence-corrected chi connectivity index (χ1v) is 6.32. The van der Waals surface area contributed by atoms with Gasteiger partial charge in [-0.2, -0.15) is 5.10 Å². The smallest absolute Gasteiger partial charge is 0.268 e. The Hall–Kier alpha value is -1.12. The van der Waals surface area contributed by atoms with Crippen molar-refractivity contribution in [2.75, 3.05) is 0 Å². The molecule has 1 aromatic heterocycles. The van der Waals surface area contributed by atoms with Gasteiger partial charge in [-0.25, -0.2) is 4.68 Å². The lowest BCUT2D eigenvalue weighted by atomic mass is 10.1. The molecule has 1 heterocycles. The summed E-state index contributed by atoms with van der Waals surface area (Å²) in [6.07, 6.45) is 2.81. The van der Waals surface area contributed by atoms with E-state index in [1.807, 2.05) is 33.8 Å². The summed E-state index contributed by atoms with van der Waals surface area (Å²) in [5, 5.41) is 4.29. The molecule has 0 radical (unpaired) electrons. The molecule has 92 valence electrons. The van der Waals surface area contributed by atoms with Gasteiger partial charge in [-0.3, -0.25) is 4.79 Å². The fourth-order valence-corrected chi connectivity index (χ4v) is 1.50. The van der Waals surface area contributed by atoms with Crippen molar-refractivity contribution in [3.05, 3.63) is 27.7 Å². The topological polar surface area (TPSA) is 34.9 Å². The van der Waals surface area contributed by atoms with E-state index in [1.54, 1.807) is 4.68 Å². The highest BCUT2D eigenvalue weighted by molar-refractivity contribution is 5.13. The molecule has 0 aromatic carbocycles. The zero-order chi connectivity index (χ0) is 12.6. The van der Waals surface area contributed by atoms with Crippen molar-refractivity contribution in [3.8, 4) is 0 Å². The van der Waals surface area contributed by atoms with E-state index in [9.17, 15) is 4.79 Å². The lowest BCUT2D eigenvalue weighted by molar-refractivity contribution is 0.587. The third-order valence-corrected chi connectivity index (χ3v) is 2.29. The van der Waals surface area contributed by atoms with Gasteiger partial charge in [0.15, 0.2) is 0 Å². The number of aromatic nitrogens is 2. The Morgan fingerprint density at radius 2 is 1.88 bits per heavy atom. The summed E-state index contributed by atoms with van der Waals surface area (Å²) in [5.41, 5.74) is 1.98. The molecule has 0 amide bonds. The van der Waals surface area contributed by atoms with Crippen molar-refractivity contribution in [3.63, 3.8) is 0 Å². The SMILES string of the molecule is CC.CCCc1cc(CC)c(=O)n(CC)n1. The average Bonchev–Trinajstić information content (AvgIpc) is 2.34. The Morgan fingerprint density at radius 1 is 1.25 bits per heavy atom. The van der Waals surface area contributed by atoms with Crippen LogP contribution in [0.2, 0.25) is 0 Å². The van der Waals surface area contributed by atoms with Crippen LogP contribution in [0.25, 0.3) is 0 Å². The van der Waals surface area contributed by atoms with Crippen LogP contribution in [0.4, 0.5) is 0 Å². The highest BCUT2D eigenvalue weighted by Crippen LogP contribution is 2.01. The molecule has 0 N–H and O–H groups in total. The quantitative estimate of drug-likeness (QED) is 0.788. The van der Waals surface area contributed by atoms with Crippen LogP contribution in [-0.4, -0.2) is 9.78 Å². The molecular weight excluding hydrogens is 200 g/mol. The second-order valence-electron chi connectivity index (χ2n) is 3.39. The zero-order valence-electron chi connectivity index (χ0n) is 11.2. The van der Waals surface area contributed by atoms with Gasteiger partial charge in [0.05, 0.1) is 5.69 Å². The average molecular weight is 224 g/mol. The van der Waals surface area contributed by atoms with Gasteiger partial charge < -0.3 is 0 Å². The van der Waals surface area contributed by atoms with Crippen LogP contribution in [0.5, 0.6) is 0 Å². The van der Waals surface area contributed by atoms with Crippen LogP contribution >= 0.6 is 0 Å². The summed E-state index contributed by atoms with van der Waals surface area (Å²) < 4.78 is 1.56. The monoisotopic (exact) mass is 224 g/mol. The molecule has 1 aromatic rings. The van der Waals surface area contributed by atoms with Crippen LogP contribution < -0.4 is 5.56 Å². The molecule has 0 unspecified atom stereocenters. The molecule has 1 rings (SSSR count). The molecule has 3 heteroatoms. The van der Waals surface area contributed by atoms with E-state index in [2.05, 4.69) is 12.0 Å². The molecular formula is C13H24N2O. The van der Waals surface area contributed by atoms with Gasteiger partial charge in [-0.15, -0.1) is 0 Å². The van der Waals surface area contributed by atoms with Crippen LogP contribution in [0, 0.1) is 0 Å². The number of nitrogens with zero attached hydrogens (tertiary/aromatic N) is 2. The van der Waals surface area contributed by atoms with Crippen molar-refractivity contribution in [2.45, 2.75) is 60.4 Å². The van der Waals surface area contributed by atoms with Gasteiger partial charge in [0.25, 0.3) is 5.56 Å². The summed E-state index contributed by atoms with van der Waals surface area (Å²) in [4.78, 5) is 11.7. The molecule has 0 saturated carbocycles. The summed E-state index contributed by atoms with van der Waals surface area (Å²) in [6.45, 7) is 10.7. The van der Waals surface area contributed by atoms with Gasteiger partial charge in [0, 0.05) is 12.1 Å². The van der Waals surface area contributed by atoms with Crippen molar-refractivity contribution in [1.29, 1.82) is 0 Å². The second-order valence-corrected chi connectivity index (χ2v) is 3.39. The van der Waals surface area contributed by atoms with Gasteiger partial charge in [0.1, 0.15) is 0 Å². The Bertz CT molecular complexity index is 327. The Labute approximate surface area is 98.5 Å². The molecule has 0 aliphatic carbocycles. The summed E-state index contributed by atoms with van der Waals surface area (Å²) in [7, 11) is 0. The molecule has 3 nitrogen and oxygen atoms in total. The van der Waals surface area contributed by atoms with Gasteiger partial charge >= 0.3 is 0 Å². The highest BCUT2D eigenvalue weighted by Gasteiger charge is 2.04. The van der Waals surface area contributed by atoms with E-state index < -0.39 is 0 Å². The Morgan fingerprint density at radius 3 is 2.31 bits per heavy atom. The minimum Gasteiger partial charge on any atom is -0.268 e. The van der Waals surface area contributed by atoms with Crippen molar-refractivity contribution in [2.24, 2.45) is 0 Å². The minimum absolute atomic E-state index is 0.0647. The largest absolute Gasteiger partial charge is 0.269 e. The predicted octanol–water partition coefficient (Wildman–Crippen LogP) is 2.80. The van der Waals surface area contributed by atoms with Gasteiger partial charge in [0.2, 0.25) is 0 Å². The van der Waals surface area contributed by atoms with Crippen LogP contribution in [0.3, 0.4) is 0 Å². The minimum atomic E-state index is 0.0647. The molecule has 0 bridgehead atoms. The number of hydrogen-bond acceptors (Lipinski definition) is 2. The Balaban J connectivity index is 0.00000106. The molecule has 16 heavy (non-hydrogen) atoms. The van der Waals surface area contributed by atoms with E-state index in [0.29, 0.717) is 6.54 Å². The summed E-state index contributed by atoms with van der Waals surface area (Å²) >= 11 is 0. The number of aryl methyl sites for hydroxylation is 3. The maximum Gasteiger partial charge on any atom is 0.269 e. The molecule has 0 aliphatic heterocycles. The number of hydrogen-bond donors (Lipinski definition) is 0. The van der Waals surface area contributed by atoms with E-state index in [1.165, 1.54) is 0 Å². The predicted molar refractivity (Wildman–Crippen MR) is 68.9 cm³/mol. The second kappa shape index (κ2) is 8.08. The molecule has 0 aliphatic rings. The van der Waals surface area contributed by atoms with Crippen LogP contribution in [0.15, 0.2) is 10.9 Å². The van der Waals surface area contributed by atoms with Crippen LogP contribution in [-0.2, 0) is 19.4 Å². The van der Waals surface area contributed by atoms with E-state index in [4.69, 9.17) is 0 Å². The zero-order valence-corrected chi connectivity index (χ0v) is 11.2. The lowest BCUT2D eigenvalue weighted by Gasteiger charge is -2.06. The van der Waals surface area contributed by atoms with E-state index in [0.717, 1.165) is 30.5 Å². The third-order valence-electron chi connectivity index (χ3n) is 2.29. The molecule has 0 atom stereocenters. The fourth-order valence-electron chi connectivity index (χ4n) is 1.50. The first-order valence-electron chi connectivity index (χ1n) is 6.32.